The van der Waals surface area contributed by atoms with Crippen LogP contribution in [0.1, 0.15) is 44.4 Å². The molecule has 3 aromatic carbocycles. The van der Waals surface area contributed by atoms with Gasteiger partial charge in [0.25, 0.3) is 10.0 Å². The minimum Gasteiger partial charge on any atom is -0.495 e. The van der Waals surface area contributed by atoms with Crippen molar-refractivity contribution in [3.8, 4) is 5.75 Å². The molecule has 0 heterocycles. The molecule has 226 valence electrons. The van der Waals surface area contributed by atoms with E-state index in [-0.39, 0.29) is 22.9 Å². The zero-order valence-corrected chi connectivity index (χ0v) is 27.2. The molecule has 0 aliphatic heterocycles. The lowest BCUT2D eigenvalue weighted by molar-refractivity contribution is -0.140. The third-order valence-corrected chi connectivity index (χ3v) is 8.87. The molecule has 11 heteroatoms. The minimum atomic E-state index is -4.25. The van der Waals surface area contributed by atoms with Gasteiger partial charge in [0.1, 0.15) is 18.3 Å². The quantitative estimate of drug-likeness (QED) is 0.289. The number of aryl methyl sites for hydroxylation is 2. The topological polar surface area (TPSA) is 96.0 Å². The third kappa shape index (κ3) is 8.18. The Morgan fingerprint density at radius 3 is 2.14 bits per heavy atom. The lowest BCUT2D eigenvalue weighted by Gasteiger charge is -2.34. The molecule has 0 fully saturated rings. The summed E-state index contributed by atoms with van der Waals surface area (Å²) < 4.78 is 34.8. The zero-order valence-electron chi connectivity index (χ0n) is 24.9. The van der Waals surface area contributed by atoms with Crippen LogP contribution in [0.15, 0.2) is 65.6 Å². The lowest BCUT2D eigenvalue weighted by Crippen LogP contribution is -2.54. The Balaban J connectivity index is 2.13. The van der Waals surface area contributed by atoms with Crippen LogP contribution in [0.4, 0.5) is 5.69 Å². The molecule has 0 aromatic heterocycles. The van der Waals surface area contributed by atoms with E-state index in [0.717, 1.165) is 15.4 Å². The molecule has 1 N–H and O–H groups in total. The Hall–Kier alpha value is -3.27. The molecule has 0 aliphatic carbocycles. The van der Waals surface area contributed by atoms with Crippen LogP contribution in [-0.2, 0) is 26.2 Å². The molecular formula is C31H37Cl2N3O5S. The van der Waals surface area contributed by atoms with Crippen LogP contribution in [0.2, 0.25) is 10.0 Å². The molecule has 1 unspecified atom stereocenters. The Bertz CT molecular complexity index is 1550. The van der Waals surface area contributed by atoms with Gasteiger partial charge in [0, 0.05) is 22.1 Å². The van der Waals surface area contributed by atoms with Gasteiger partial charge < -0.3 is 15.0 Å². The van der Waals surface area contributed by atoms with Crippen molar-refractivity contribution >= 4 is 50.7 Å². The van der Waals surface area contributed by atoms with Gasteiger partial charge in [-0.1, -0.05) is 53.0 Å². The van der Waals surface area contributed by atoms with E-state index in [1.54, 1.807) is 55.5 Å². The van der Waals surface area contributed by atoms with Crippen molar-refractivity contribution in [1.82, 2.24) is 10.2 Å². The Labute approximate surface area is 258 Å². The van der Waals surface area contributed by atoms with Gasteiger partial charge in [-0.3, -0.25) is 13.9 Å². The van der Waals surface area contributed by atoms with Crippen LogP contribution in [-0.4, -0.2) is 50.4 Å². The summed E-state index contributed by atoms with van der Waals surface area (Å²) in [5.74, 6) is -0.742. The largest absolute Gasteiger partial charge is 0.495 e. The number of carbonyl (C=O) groups is 2. The summed E-state index contributed by atoms with van der Waals surface area (Å²) in [6.45, 7) is 10.1. The smallest absolute Gasteiger partial charge is 0.264 e. The second-order valence-electron chi connectivity index (χ2n) is 11.2. The van der Waals surface area contributed by atoms with Crippen molar-refractivity contribution in [3.05, 3.63) is 87.4 Å². The molecule has 0 saturated heterocycles. The lowest BCUT2D eigenvalue weighted by atomic mass is 10.1. The van der Waals surface area contributed by atoms with E-state index in [2.05, 4.69) is 5.32 Å². The van der Waals surface area contributed by atoms with Gasteiger partial charge in [-0.05, 0) is 89.1 Å². The molecule has 1 atom stereocenters. The second-order valence-corrected chi connectivity index (χ2v) is 13.9. The maximum atomic E-state index is 14.2. The van der Waals surface area contributed by atoms with Gasteiger partial charge in [-0.25, -0.2) is 8.42 Å². The fourth-order valence-corrected chi connectivity index (χ4v) is 6.12. The first kappa shape index (κ1) is 33.2. The molecule has 0 aliphatic rings. The van der Waals surface area contributed by atoms with E-state index in [4.69, 9.17) is 27.9 Å². The van der Waals surface area contributed by atoms with Crippen LogP contribution in [0.25, 0.3) is 0 Å². The number of sulfonamides is 1. The zero-order chi connectivity index (χ0) is 31.4. The molecular weight excluding hydrogens is 597 g/mol. The van der Waals surface area contributed by atoms with Crippen LogP contribution in [0.5, 0.6) is 5.75 Å². The van der Waals surface area contributed by atoms with E-state index < -0.39 is 40.0 Å². The highest BCUT2D eigenvalue weighted by atomic mass is 35.5. The Morgan fingerprint density at radius 1 is 0.952 bits per heavy atom. The first-order valence-electron chi connectivity index (χ1n) is 13.3. The van der Waals surface area contributed by atoms with Crippen LogP contribution < -0.4 is 14.4 Å². The van der Waals surface area contributed by atoms with E-state index >= 15 is 0 Å². The summed E-state index contributed by atoms with van der Waals surface area (Å²) in [4.78, 5) is 28.8. The number of rotatable bonds is 10. The van der Waals surface area contributed by atoms with Gasteiger partial charge in [0.05, 0.1) is 17.7 Å². The van der Waals surface area contributed by atoms with Gasteiger partial charge in [-0.15, -0.1) is 0 Å². The van der Waals surface area contributed by atoms with E-state index in [0.29, 0.717) is 15.6 Å². The van der Waals surface area contributed by atoms with Gasteiger partial charge in [0.2, 0.25) is 11.8 Å². The molecule has 3 aromatic rings. The van der Waals surface area contributed by atoms with Crippen molar-refractivity contribution in [3.63, 3.8) is 0 Å². The minimum absolute atomic E-state index is 0.00952. The summed E-state index contributed by atoms with van der Waals surface area (Å²) in [5, 5.41) is 3.63. The average Bonchev–Trinajstić information content (AvgIpc) is 2.90. The predicted molar refractivity (Wildman–Crippen MR) is 168 cm³/mol. The number of halogens is 2. The SMILES string of the molecule is COc1ccc(C)cc1N(CC(=O)N(Cc1ccc(Cl)cc1Cl)C(C)C(=O)NC(C)(C)C)S(=O)(=O)c1ccc(C)cc1. The Kier molecular flexibility index (Phi) is 10.6. The summed E-state index contributed by atoms with van der Waals surface area (Å²) in [6.07, 6.45) is 0. The first-order valence-corrected chi connectivity index (χ1v) is 15.5. The van der Waals surface area contributed by atoms with Crippen molar-refractivity contribution in [2.24, 2.45) is 0 Å². The van der Waals surface area contributed by atoms with E-state index in [1.807, 2.05) is 34.6 Å². The predicted octanol–water partition coefficient (Wildman–Crippen LogP) is 6.15. The number of anilines is 1. The van der Waals surface area contributed by atoms with Crippen molar-refractivity contribution in [1.29, 1.82) is 0 Å². The average molecular weight is 635 g/mol. The summed E-state index contributed by atoms with van der Waals surface area (Å²) in [6, 6.07) is 15.3. The normalized spacial score (nSPS) is 12.4. The molecule has 0 spiro atoms. The highest BCUT2D eigenvalue weighted by molar-refractivity contribution is 7.92. The standard InChI is InChI=1S/C31H37Cl2N3O5S/c1-20-8-13-25(14-9-20)42(39,40)36(27-16-21(2)10-15-28(27)41-7)19-29(37)35(22(3)30(38)34-31(4,5)6)18-23-11-12-24(32)17-26(23)33/h8-17,22H,18-19H2,1-7H3,(H,34,38). The molecule has 0 saturated carbocycles. The molecule has 42 heavy (non-hydrogen) atoms. The number of methoxy groups -OCH3 is 1. The monoisotopic (exact) mass is 633 g/mol. The van der Waals surface area contributed by atoms with Gasteiger partial charge >= 0.3 is 0 Å². The summed E-state index contributed by atoms with van der Waals surface area (Å²) in [5.41, 5.74) is 1.83. The number of nitrogens with one attached hydrogen (secondary N) is 1. The molecule has 2 amide bonds. The molecule has 3 rings (SSSR count). The molecule has 8 nitrogen and oxygen atoms in total. The van der Waals surface area contributed by atoms with Crippen molar-refractivity contribution in [2.45, 2.75) is 64.6 Å². The van der Waals surface area contributed by atoms with Crippen LogP contribution in [0.3, 0.4) is 0 Å². The maximum absolute atomic E-state index is 14.2. The van der Waals surface area contributed by atoms with E-state index in [9.17, 15) is 18.0 Å². The second kappa shape index (κ2) is 13.4. The maximum Gasteiger partial charge on any atom is 0.264 e. The van der Waals surface area contributed by atoms with E-state index in [1.165, 1.54) is 24.1 Å². The number of hydrogen-bond donors (Lipinski definition) is 1. The number of ether oxygens (including phenoxy) is 1. The number of nitrogens with zero attached hydrogens (tertiary/aromatic N) is 2. The van der Waals surface area contributed by atoms with Crippen molar-refractivity contribution in [2.75, 3.05) is 18.0 Å². The molecule has 0 bridgehead atoms. The summed E-state index contributed by atoms with van der Waals surface area (Å²) in [7, 11) is -2.82. The number of hydrogen-bond acceptors (Lipinski definition) is 5. The fourth-order valence-electron chi connectivity index (χ4n) is 4.24. The summed E-state index contributed by atoms with van der Waals surface area (Å²) >= 11 is 12.5. The van der Waals surface area contributed by atoms with Crippen molar-refractivity contribution < 1.29 is 22.7 Å². The van der Waals surface area contributed by atoms with Gasteiger partial charge in [0.15, 0.2) is 0 Å². The number of amides is 2. The number of carbonyl (C=O) groups excluding carboxylic acids is 2. The highest BCUT2D eigenvalue weighted by Gasteiger charge is 2.34. The first-order chi connectivity index (χ1) is 19.5. The fraction of sp³-hybridized carbons (Fsp3) is 0.355. The highest BCUT2D eigenvalue weighted by Crippen LogP contribution is 2.34. The molecule has 0 radical (unpaired) electrons. The number of benzene rings is 3. The van der Waals surface area contributed by atoms with Crippen LogP contribution >= 0.6 is 23.2 Å². The van der Waals surface area contributed by atoms with Crippen LogP contribution in [0, 0.1) is 13.8 Å². The third-order valence-electron chi connectivity index (χ3n) is 6.51. The Morgan fingerprint density at radius 2 is 1.57 bits per heavy atom. The van der Waals surface area contributed by atoms with Gasteiger partial charge in [-0.2, -0.15) is 0 Å².